The van der Waals surface area contributed by atoms with Crippen LogP contribution in [0.1, 0.15) is 11.7 Å². The molecule has 84 valence electrons. The number of urea groups is 2. The number of benzene rings is 1. The molecule has 0 radical (unpaired) electrons. The number of rotatable bonds is 2. The van der Waals surface area contributed by atoms with Gasteiger partial charge in [-0.1, -0.05) is 18.2 Å². The molecule has 1 aliphatic rings. The van der Waals surface area contributed by atoms with Gasteiger partial charge in [0.25, 0.3) is 0 Å². The van der Waals surface area contributed by atoms with Crippen molar-refractivity contribution in [3.05, 3.63) is 29.8 Å². The number of hydrogen-bond acceptors (Lipinski definition) is 3. The Morgan fingerprint density at radius 2 is 1.75 bits per heavy atom. The molecule has 4 amide bonds. The Balaban J connectivity index is 2.29. The van der Waals surface area contributed by atoms with E-state index in [1.165, 1.54) is 7.11 Å². The number of ether oxygens (including phenoxy) is 1. The Bertz CT molecular complexity index is 417. The Kier molecular flexibility index (Phi) is 2.63. The first-order valence-electron chi connectivity index (χ1n) is 4.71. The van der Waals surface area contributed by atoms with E-state index in [4.69, 9.17) is 4.74 Å². The van der Waals surface area contributed by atoms with Crippen LogP contribution >= 0.6 is 0 Å². The topological polar surface area (TPSA) is 79.5 Å². The second kappa shape index (κ2) is 4.09. The second-order valence-corrected chi connectivity index (χ2v) is 3.25. The summed E-state index contributed by atoms with van der Waals surface area (Å²) in [6.45, 7) is 0. The summed E-state index contributed by atoms with van der Waals surface area (Å²) in [5.41, 5.74) is 0.702. The molecular weight excluding hydrogens is 210 g/mol. The Morgan fingerprint density at radius 1 is 1.12 bits per heavy atom. The van der Waals surface area contributed by atoms with Gasteiger partial charge in [-0.25, -0.2) is 9.59 Å². The largest absolute Gasteiger partial charge is 0.496 e. The smallest absolute Gasteiger partial charge is 0.324 e. The van der Waals surface area contributed by atoms with E-state index in [9.17, 15) is 9.59 Å². The Morgan fingerprint density at radius 3 is 2.38 bits per heavy atom. The SMILES string of the molecule is COc1ccccc1C1NC(=O)NC(=O)N1. The molecule has 1 aromatic rings. The molecular formula is C10H11N3O3. The maximum Gasteiger partial charge on any atom is 0.324 e. The summed E-state index contributed by atoms with van der Waals surface area (Å²) in [4.78, 5) is 22.3. The monoisotopic (exact) mass is 221 g/mol. The van der Waals surface area contributed by atoms with Crippen LogP contribution in [0.2, 0.25) is 0 Å². The van der Waals surface area contributed by atoms with E-state index in [0.717, 1.165) is 0 Å². The minimum Gasteiger partial charge on any atom is -0.496 e. The maximum atomic E-state index is 11.1. The molecule has 0 bridgehead atoms. The van der Waals surface area contributed by atoms with Crippen molar-refractivity contribution in [1.82, 2.24) is 16.0 Å². The molecule has 1 aliphatic heterocycles. The predicted molar refractivity (Wildman–Crippen MR) is 55.9 cm³/mol. The fraction of sp³-hybridized carbons (Fsp3) is 0.200. The zero-order valence-corrected chi connectivity index (χ0v) is 8.61. The first kappa shape index (κ1) is 10.3. The summed E-state index contributed by atoms with van der Waals surface area (Å²) in [6.07, 6.45) is -0.572. The van der Waals surface area contributed by atoms with E-state index in [-0.39, 0.29) is 0 Å². The van der Waals surface area contributed by atoms with Crippen molar-refractivity contribution in [2.75, 3.05) is 7.11 Å². The standard InChI is InChI=1S/C10H11N3O3/c1-16-7-5-3-2-4-6(7)8-11-9(14)13-10(15)12-8/h2-5,8H,1H3,(H3,11,12,13,14,15). The van der Waals surface area contributed by atoms with Gasteiger partial charge in [0.2, 0.25) is 0 Å². The van der Waals surface area contributed by atoms with Crippen molar-refractivity contribution in [3.63, 3.8) is 0 Å². The quantitative estimate of drug-likeness (QED) is 0.688. The summed E-state index contributed by atoms with van der Waals surface area (Å²) in [7, 11) is 1.53. The lowest BCUT2D eigenvalue weighted by Crippen LogP contribution is -2.57. The van der Waals surface area contributed by atoms with Gasteiger partial charge in [0.05, 0.1) is 7.11 Å². The minimum atomic E-state index is -0.572. The van der Waals surface area contributed by atoms with Gasteiger partial charge in [-0.2, -0.15) is 0 Å². The van der Waals surface area contributed by atoms with E-state index in [0.29, 0.717) is 11.3 Å². The van der Waals surface area contributed by atoms with Gasteiger partial charge in [0.1, 0.15) is 11.9 Å². The van der Waals surface area contributed by atoms with E-state index < -0.39 is 18.2 Å². The fourth-order valence-corrected chi connectivity index (χ4v) is 1.53. The number of para-hydroxylation sites is 1. The number of carbonyl (C=O) groups is 2. The summed E-state index contributed by atoms with van der Waals surface area (Å²) >= 11 is 0. The van der Waals surface area contributed by atoms with E-state index in [2.05, 4.69) is 16.0 Å². The van der Waals surface area contributed by atoms with Crippen LogP contribution in [0, 0.1) is 0 Å². The first-order chi connectivity index (χ1) is 7.70. The molecule has 0 aromatic heterocycles. The summed E-state index contributed by atoms with van der Waals surface area (Å²) < 4.78 is 5.15. The third-order valence-corrected chi connectivity index (χ3v) is 2.23. The molecule has 0 aliphatic carbocycles. The Labute approximate surface area is 92.0 Å². The van der Waals surface area contributed by atoms with Crippen molar-refractivity contribution in [1.29, 1.82) is 0 Å². The molecule has 6 heteroatoms. The zero-order valence-electron chi connectivity index (χ0n) is 8.61. The van der Waals surface area contributed by atoms with Crippen LogP contribution in [0.15, 0.2) is 24.3 Å². The summed E-state index contributed by atoms with van der Waals surface area (Å²) in [6, 6.07) is 6.09. The number of nitrogens with one attached hydrogen (secondary N) is 3. The third kappa shape index (κ3) is 1.90. The molecule has 1 saturated heterocycles. The molecule has 6 nitrogen and oxygen atoms in total. The minimum absolute atomic E-state index is 0.528. The molecule has 1 heterocycles. The molecule has 1 fully saturated rings. The molecule has 1 aromatic carbocycles. The lowest BCUT2D eigenvalue weighted by Gasteiger charge is -2.26. The van der Waals surface area contributed by atoms with Gasteiger partial charge in [-0.15, -0.1) is 0 Å². The van der Waals surface area contributed by atoms with Crippen molar-refractivity contribution < 1.29 is 14.3 Å². The number of hydrogen-bond donors (Lipinski definition) is 3. The van der Waals surface area contributed by atoms with Gasteiger partial charge < -0.3 is 15.4 Å². The molecule has 0 spiro atoms. The second-order valence-electron chi connectivity index (χ2n) is 3.25. The lowest BCUT2D eigenvalue weighted by atomic mass is 10.1. The molecule has 3 N–H and O–H groups in total. The number of amides is 4. The van der Waals surface area contributed by atoms with Crippen molar-refractivity contribution in [2.24, 2.45) is 0 Å². The number of carbonyl (C=O) groups excluding carboxylic acids is 2. The van der Waals surface area contributed by atoms with Crippen LogP contribution in [0.25, 0.3) is 0 Å². The highest BCUT2D eigenvalue weighted by atomic mass is 16.5. The predicted octanol–water partition coefficient (Wildman–Crippen LogP) is 0.716. The van der Waals surface area contributed by atoms with Crippen molar-refractivity contribution in [2.45, 2.75) is 6.17 Å². The summed E-state index contributed by atoms with van der Waals surface area (Å²) in [5.74, 6) is 0.606. The van der Waals surface area contributed by atoms with E-state index in [1.54, 1.807) is 18.2 Å². The first-order valence-corrected chi connectivity index (χ1v) is 4.71. The molecule has 2 rings (SSSR count). The highest BCUT2D eigenvalue weighted by Crippen LogP contribution is 2.23. The van der Waals surface area contributed by atoms with Gasteiger partial charge in [0.15, 0.2) is 0 Å². The van der Waals surface area contributed by atoms with Gasteiger partial charge >= 0.3 is 12.1 Å². The Hall–Kier alpha value is -2.24. The van der Waals surface area contributed by atoms with Crippen LogP contribution in [0.5, 0.6) is 5.75 Å². The average Bonchev–Trinajstić information content (AvgIpc) is 2.27. The molecule has 0 unspecified atom stereocenters. The van der Waals surface area contributed by atoms with Crippen LogP contribution < -0.4 is 20.7 Å². The average molecular weight is 221 g/mol. The van der Waals surface area contributed by atoms with E-state index in [1.807, 2.05) is 6.07 Å². The van der Waals surface area contributed by atoms with Gasteiger partial charge in [-0.05, 0) is 6.07 Å². The van der Waals surface area contributed by atoms with Gasteiger partial charge in [-0.3, -0.25) is 5.32 Å². The zero-order chi connectivity index (χ0) is 11.5. The van der Waals surface area contributed by atoms with Crippen LogP contribution in [0.3, 0.4) is 0 Å². The maximum absolute atomic E-state index is 11.1. The normalized spacial score (nSPS) is 16.1. The third-order valence-electron chi connectivity index (χ3n) is 2.23. The van der Waals surface area contributed by atoms with Crippen LogP contribution in [-0.2, 0) is 0 Å². The van der Waals surface area contributed by atoms with Crippen LogP contribution in [0.4, 0.5) is 9.59 Å². The fourth-order valence-electron chi connectivity index (χ4n) is 1.53. The number of methoxy groups -OCH3 is 1. The highest BCUT2D eigenvalue weighted by molar-refractivity contribution is 5.96. The molecule has 0 saturated carbocycles. The highest BCUT2D eigenvalue weighted by Gasteiger charge is 2.25. The summed E-state index contributed by atoms with van der Waals surface area (Å²) in [5, 5.41) is 7.23. The number of imide groups is 1. The lowest BCUT2D eigenvalue weighted by molar-refractivity contribution is 0.209. The molecule has 0 atom stereocenters. The van der Waals surface area contributed by atoms with Crippen LogP contribution in [-0.4, -0.2) is 19.2 Å². The van der Waals surface area contributed by atoms with Gasteiger partial charge in [0, 0.05) is 5.56 Å². The van der Waals surface area contributed by atoms with Crippen molar-refractivity contribution >= 4 is 12.1 Å². The molecule has 16 heavy (non-hydrogen) atoms. The van der Waals surface area contributed by atoms with Crippen molar-refractivity contribution in [3.8, 4) is 5.75 Å². The van der Waals surface area contributed by atoms with E-state index >= 15 is 0 Å².